The molecule has 1 fully saturated rings. The topological polar surface area (TPSA) is 47.6 Å². The van der Waals surface area contributed by atoms with Crippen molar-refractivity contribution in [3.8, 4) is 0 Å². The van der Waals surface area contributed by atoms with Gasteiger partial charge < -0.3 is 14.8 Å². The van der Waals surface area contributed by atoms with Gasteiger partial charge in [-0.1, -0.05) is 24.3 Å². The molecule has 2 rings (SSSR count). The number of carbonyl (C=O) groups is 1. The molecule has 0 bridgehead atoms. The van der Waals surface area contributed by atoms with Crippen LogP contribution in [0.25, 0.3) is 0 Å². The predicted molar refractivity (Wildman–Crippen MR) is 77.5 cm³/mol. The summed E-state index contributed by atoms with van der Waals surface area (Å²) in [5.41, 5.74) is 2.11. The lowest BCUT2D eigenvalue weighted by Crippen LogP contribution is -2.37. The lowest BCUT2D eigenvalue weighted by atomic mass is 10.0. The Hall–Kier alpha value is -1.39. The Balaban J connectivity index is 1.90. The monoisotopic (exact) mass is 277 g/mol. The summed E-state index contributed by atoms with van der Waals surface area (Å²) >= 11 is 0. The fraction of sp³-hybridized carbons (Fsp3) is 0.562. The second kappa shape index (κ2) is 6.86. The Morgan fingerprint density at radius 1 is 1.40 bits per heavy atom. The number of rotatable bonds is 6. The molecule has 1 aromatic carbocycles. The molecular formula is C16H23NO3. The van der Waals surface area contributed by atoms with Crippen molar-refractivity contribution in [2.75, 3.05) is 20.3 Å². The standard InChI is InChI=1S/C16H23NO3/c1-16(8-5-9-20-16)12-17-11-14-7-4-3-6-13(14)10-15(18)19-2/h3-4,6-7,17H,5,8-12H2,1-2H3. The van der Waals surface area contributed by atoms with E-state index in [1.807, 2.05) is 24.3 Å². The summed E-state index contributed by atoms with van der Waals surface area (Å²) in [6.07, 6.45) is 2.56. The maximum Gasteiger partial charge on any atom is 0.309 e. The summed E-state index contributed by atoms with van der Waals surface area (Å²) in [4.78, 5) is 11.4. The van der Waals surface area contributed by atoms with Gasteiger partial charge in [0.2, 0.25) is 0 Å². The van der Waals surface area contributed by atoms with Crippen LogP contribution in [0.1, 0.15) is 30.9 Å². The molecule has 0 radical (unpaired) electrons. The average Bonchev–Trinajstić information content (AvgIpc) is 2.87. The van der Waals surface area contributed by atoms with E-state index >= 15 is 0 Å². The molecule has 1 heterocycles. The maximum atomic E-state index is 11.4. The molecule has 1 N–H and O–H groups in total. The summed E-state index contributed by atoms with van der Waals surface area (Å²) in [5.74, 6) is -0.205. The van der Waals surface area contributed by atoms with Gasteiger partial charge >= 0.3 is 5.97 Å². The van der Waals surface area contributed by atoms with Crippen molar-refractivity contribution in [2.45, 2.75) is 38.3 Å². The highest BCUT2D eigenvalue weighted by atomic mass is 16.5. The predicted octanol–water partition coefficient (Wildman–Crippen LogP) is 2.06. The van der Waals surface area contributed by atoms with Gasteiger partial charge in [0, 0.05) is 19.7 Å². The van der Waals surface area contributed by atoms with E-state index in [4.69, 9.17) is 9.47 Å². The first kappa shape index (κ1) is 15.0. The molecule has 1 atom stereocenters. The molecule has 0 amide bonds. The number of benzene rings is 1. The lowest BCUT2D eigenvalue weighted by molar-refractivity contribution is -0.139. The van der Waals surface area contributed by atoms with Crippen molar-refractivity contribution in [3.63, 3.8) is 0 Å². The van der Waals surface area contributed by atoms with Crippen LogP contribution < -0.4 is 5.32 Å². The van der Waals surface area contributed by atoms with Gasteiger partial charge in [0.25, 0.3) is 0 Å². The van der Waals surface area contributed by atoms with Crippen LogP contribution in [0.5, 0.6) is 0 Å². The van der Waals surface area contributed by atoms with E-state index in [1.165, 1.54) is 7.11 Å². The van der Waals surface area contributed by atoms with E-state index in [-0.39, 0.29) is 11.6 Å². The third kappa shape index (κ3) is 4.05. The van der Waals surface area contributed by atoms with Crippen molar-refractivity contribution in [2.24, 2.45) is 0 Å². The van der Waals surface area contributed by atoms with Crippen LogP contribution >= 0.6 is 0 Å². The summed E-state index contributed by atoms with van der Waals surface area (Å²) in [6.45, 7) is 4.58. The number of hydrogen-bond acceptors (Lipinski definition) is 4. The molecule has 1 saturated heterocycles. The molecular weight excluding hydrogens is 254 g/mol. The van der Waals surface area contributed by atoms with Crippen molar-refractivity contribution in [1.82, 2.24) is 5.32 Å². The molecule has 0 aliphatic carbocycles. The normalized spacial score (nSPS) is 21.9. The molecule has 1 unspecified atom stereocenters. The molecule has 1 aliphatic heterocycles. The minimum atomic E-state index is -0.205. The number of nitrogens with one attached hydrogen (secondary N) is 1. The second-order valence-corrected chi connectivity index (χ2v) is 5.53. The highest BCUT2D eigenvalue weighted by Gasteiger charge is 2.29. The van der Waals surface area contributed by atoms with E-state index in [0.717, 1.165) is 43.7 Å². The van der Waals surface area contributed by atoms with Crippen LogP contribution in [0.3, 0.4) is 0 Å². The third-order valence-corrected chi connectivity index (χ3v) is 3.80. The average molecular weight is 277 g/mol. The summed E-state index contributed by atoms with van der Waals surface area (Å²) in [6, 6.07) is 7.96. The summed E-state index contributed by atoms with van der Waals surface area (Å²) < 4.78 is 10.5. The number of carbonyl (C=O) groups excluding carboxylic acids is 1. The Morgan fingerprint density at radius 2 is 2.15 bits per heavy atom. The maximum absolute atomic E-state index is 11.4. The first-order chi connectivity index (χ1) is 9.63. The van der Waals surface area contributed by atoms with E-state index in [9.17, 15) is 4.79 Å². The quantitative estimate of drug-likeness (QED) is 0.809. The van der Waals surface area contributed by atoms with Crippen LogP contribution in [0.2, 0.25) is 0 Å². The van der Waals surface area contributed by atoms with Crippen LogP contribution in [-0.2, 0) is 27.2 Å². The van der Waals surface area contributed by atoms with Crippen LogP contribution in [0, 0.1) is 0 Å². The Bertz CT molecular complexity index is 453. The number of hydrogen-bond donors (Lipinski definition) is 1. The van der Waals surface area contributed by atoms with Crippen LogP contribution in [0.4, 0.5) is 0 Å². The van der Waals surface area contributed by atoms with Crippen molar-refractivity contribution in [3.05, 3.63) is 35.4 Å². The fourth-order valence-corrected chi connectivity index (χ4v) is 2.57. The van der Waals surface area contributed by atoms with Crippen molar-refractivity contribution >= 4 is 5.97 Å². The van der Waals surface area contributed by atoms with Gasteiger partial charge in [-0.2, -0.15) is 0 Å². The molecule has 4 heteroatoms. The van der Waals surface area contributed by atoms with Gasteiger partial charge in [-0.15, -0.1) is 0 Å². The third-order valence-electron chi connectivity index (χ3n) is 3.80. The smallest absolute Gasteiger partial charge is 0.309 e. The van der Waals surface area contributed by atoms with E-state index in [1.54, 1.807) is 0 Å². The minimum absolute atomic E-state index is 0.0444. The van der Waals surface area contributed by atoms with Gasteiger partial charge in [-0.25, -0.2) is 0 Å². The van der Waals surface area contributed by atoms with Crippen LogP contribution in [0.15, 0.2) is 24.3 Å². The van der Waals surface area contributed by atoms with Crippen molar-refractivity contribution in [1.29, 1.82) is 0 Å². The first-order valence-electron chi connectivity index (χ1n) is 7.11. The van der Waals surface area contributed by atoms with E-state index in [2.05, 4.69) is 12.2 Å². The molecule has 0 saturated carbocycles. The Kier molecular flexibility index (Phi) is 5.15. The van der Waals surface area contributed by atoms with E-state index < -0.39 is 0 Å². The zero-order chi connectivity index (χ0) is 14.4. The highest BCUT2D eigenvalue weighted by molar-refractivity contribution is 5.72. The summed E-state index contributed by atoms with van der Waals surface area (Å²) in [7, 11) is 1.42. The minimum Gasteiger partial charge on any atom is -0.469 e. The first-order valence-corrected chi connectivity index (χ1v) is 7.11. The SMILES string of the molecule is COC(=O)Cc1ccccc1CNCC1(C)CCCO1. The molecule has 4 nitrogen and oxygen atoms in total. The lowest BCUT2D eigenvalue weighted by Gasteiger charge is -2.23. The molecule has 1 aromatic rings. The highest BCUT2D eigenvalue weighted by Crippen LogP contribution is 2.24. The number of ether oxygens (including phenoxy) is 2. The van der Waals surface area contributed by atoms with Crippen LogP contribution in [-0.4, -0.2) is 31.8 Å². The molecule has 0 spiro atoms. The molecule has 1 aliphatic rings. The number of esters is 1. The van der Waals surface area contributed by atoms with Gasteiger partial charge in [-0.05, 0) is 30.9 Å². The summed E-state index contributed by atoms with van der Waals surface area (Å²) in [5, 5.41) is 3.44. The fourth-order valence-electron chi connectivity index (χ4n) is 2.57. The van der Waals surface area contributed by atoms with Gasteiger partial charge in [-0.3, -0.25) is 4.79 Å². The van der Waals surface area contributed by atoms with Crippen molar-refractivity contribution < 1.29 is 14.3 Å². The zero-order valence-corrected chi connectivity index (χ0v) is 12.3. The second-order valence-electron chi connectivity index (χ2n) is 5.53. The zero-order valence-electron chi connectivity index (χ0n) is 12.3. The van der Waals surface area contributed by atoms with Gasteiger partial charge in [0.15, 0.2) is 0 Å². The largest absolute Gasteiger partial charge is 0.469 e. The van der Waals surface area contributed by atoms with E-state index in [0.29, 0.717) is 6.42 Å². The molecule has 0 aromatic heterocycles. The Morgan fingerprint density at radius 3 is 2.80 bits per heavy atom. The Labute approximate surface area is 120 Å². The van der Waals surface area contributed by atoms with Gasteiger partial charge in [0.1, 0.15) is 0 Å². The van der Waals surface area contributed by atoms with Gasteiger partial charge in [0.05, 0.1) is 19.1 Å². The molecule has 110 valence electrons. The number of methoxy groups -OCH3 is 1. The molecule has 20 heavy (non-hydrogen) atoms.